The molecule has 0 saturated carbocycles. The average molecular weight is 268 g/mol. The number of likely N-dealkylation sites (N-methyl/N-ethyl adjacent to an activating group) is 1. The first-order valence-corrected chi connectivity index (χ1v) is 6.70. The van der Waals surface area contributed by atoms with Crippen LogP contribution in [0.3, 0.4) is 0 Å². The van der Waals surface area contributed by atoms with Gasteiger partial charge in [0.2, 0.25) is 5.91 Å². The lowest BCUT2D eigenvalue weighted by Crippen LogP contribution is -2.40. The topological polar surface area (TPSA) is 49.4 Å². The lowest BCUT2D eigenvalue weighted by atomic mass is 10.0. The molecule has 20 heavy (non-hydrogen) atoms. The van der Waals surface area contributed by atoms with E-state index < -0.39 is 6.04 Å². The number of likely N-dealkylation sites (tertiary alicyclic amines) is 1. The van der Waals surface area contributed by atoms with Gasteiger partial charge in [0, 0.05) is 19.2 Å². The predicted octanol–water partition coefficient (Wildman–Crippen LogP) is 1.80. The predicted molar refractivity (Wildman–Crippen MR) is 77.5 cm³/mol. The fourth-order valence-corrected chi connectivity index (χ4v) is 2.62. The molecule has 0 aromatic heterocycles. The molecule has 1 saturated heterocycles. The third kappa shape index (κ3) is 2.13. The van der Waals surface area contributed by atoms with Gasteiger partial charge in [-0.15, -0.1) is 0 Å². The molecule has 2 amide bonds. The molecule has 1 N–H and O–H groups in total. The Morgan fingerprint density at radius 2 is 1.95 bits per heavy atom. The summed E-state index contributed by atoms with van der Waals surface area (Å²) in [7, 11) is 1.76. The van der Waals surface area contributed by atoms with Crippen LogP contribution in [-0.2, 0) is 4.79 Å². The lowest BCUT2D eigenvalue weighted by molar-refractivity contribution is -0.128. The molecule has 1 fully saturated rings. The minimum absolute atomic E-state index is 0.0152. The van der Waals surface area contributed by atoms with E-state index in [1.165, 1.54) is 0 Å². The van der Waals surface area contributed by atoms with Gasteiger partial charge in [-0.05, 0) is 23.3 Å². The summed E-state index contributed by atoms with van der Waals surface area (Å²) in [4.78, 5) is 25.9. The van der Waals surface area contributed by atoms with Crippen molar-refractivity contribution in [2.45, 2.75) is 12.5 Å². The molecule has 1 aliphatic rings. The van der Waals surface area contributed by atoms with E-state index in [4.69, 9.17) is 0 Å². The summed E-state index contributed by atoms with van der Waals surface area (Å²) >= 11 is 0. The highest BCUT2D eigenvalue weighted by Crippen LogP contribution is 2.19. The summed E-state index contributed by atoms with van der Waals surface area (Å²) in [6.45, 7) is 0.694. The van der Waals surface area contributed by atoms with Crippen molar-refractivity contribution in [2.24, 2.45) is 0 Å². The number of nitrogens with zero attached hydrogens (tertiary/aromatic N) is 1. The number of nitrogens with one attached hydrogen (secondary N) is 1. The Bertz CT molecular complexity index is 676. The first kappa shape index (κ1) is 12.7. The molecule has 1 atom stereocenters. The number of benzene rings is 2. The Labute approximate surface area is 117 Å². The van der Waals surface area contributed by atoms with Gasteiger partial charge in [0.15, 0.2) is 0 Å². The van der Waals surface area contributed by atoms with Gasteiger partial charge in [-0.25, -0.2) is 0 Å². The minimum atomic E-state index is -0.397. The van der Waals surface area contributed by atoms with Gasteiger partial charge < -0.3 is 10.2 Å². The fraction of sp³-hybridized carbons (Fsp3) is 0.250. The molecule has 1 unspecified atom stereocenters. The summed E-state index contributed by atoms with van der Waals surface area (Å²) in [5.74, 6) is -0.200. The summed E-state index contributed by atoms with van der Waals surface area (Å²) in [6, 6.07) is 13.0. The molecule has 4 heteroatoms. The van der Waals surface area contributed by atoms with Gasteiger partial charge in [-0.1, -0.05) is 36.4 Å². The van der Waals surface area contributed by atoms with Gasteiger partial charge in [-0.3, -0.25) is 9.59 Å². The molecule has 0 radical (unpaired) electrons. The van der Waals surface area contributed by atoms with E-state index in [-0.39, 0.29) is 11.8 Å². The van der Waals surface area contributed by atoms with Crippen LogP contribution in [-0.4, -0.2) is 36.3 Å². The smallest absolute Gasteiger partial charge is 0.252 e. The van der Waals surface area contributed by atoms with Crippen molar-refractivity contribution in [3.63, 3.8) is 0 Å². The summed E-state index contributed by atoms with van der Waals surface area (Å²) < 4.78 is 0. The largest absolute Gasteiger partial charge is 0.344 e. The number of hydrogen-bond acceptors (Lipinski definition) is 2. The fourth-order valence-electron chi connectivity index (χ4n) is 2.62. The van der Waals surface area contributed by atoms with E-state index in [2.05, 4.69) is 5.32 Å². The number of amides is 2. The maximum absolute atomic E-state index is 12.4. The molecule has 4 nitrogen and oxygen atoms in total. The number of fused-ring (bicyclic) bond motifs is 1. The minimum Gasteiger partial charge on any atom is -0.344 e. The molecule has 2 aromatic rings. The molecule has 1 aliphatic heterocycles. The monoisotopic (exact) mass is 268 g/mol. The van der Waals surface area contributed by atoms with Crippen LogP contribution in [0.4, 0.5) is 0 Å². The van der Waals surface area contributed by atoms with Crippen molar-refractivity contribution in [3.05, 3.63) is 48.0 Å². The molecule has 0 spiro atoms. The third-order valence-corrected chi connectivity index (χ3v) is 3.77. The Morgan fingerprint density at radius 3 is 2.70 bits per heavy atom. The Balaban J connectivity index is 1.88. The SMILES string of the molecule is CN1CCC(NC(=O)c2cccc3ccccc23)C1=O. The number of rotatable bonds is 2. The lowest BCUT2D eigenvalue weighted by Gasteiger charge is -2.13. The molecular weight excluding hydrogens is 252 g/mol. The van der Waals surface area contributed by atoms with Gasteiger partial charge >= 0.3 is 0 Å². The molecule has 3 rings (SSSR count). The van der Waals surface area contributed by atoms with Crippen LogP contribution >= 0.6 is 0 Å². The first-order valence-electron chi connectivity index (χ1n) is 6.70. The van der Waals surface area contributed by atoms with E-state index in [0.717, 1.165) is 10.8 Å². The number of carbonyl (C=O) groups is 2. The highest BCUT2D eigenvalue weighted by atomic mass is 16.2. The van der Waals surface area contributed by atoms with Crippen LogP contribution < -0.4 is 5.32 Å². The van der Waals surface area contributed by atoms with Crippen LogP contribution in [0.5, 0.6) is 0 Å². The van der Waals surface area contributed by atoms with E-state index in [1.807, 2.05) is 36.4 Å². The van der Waals surface area contributed by atoms with Gasteiger partial charge in [0.25, 0.3) is 5.91 Å². The zero-order valence-electron chi connectivity index (χ0n) is 11.3. The molecular formula is C16H16N2O2. The highest BCUT2D eigenvalue weighted by molar-refractivity contribution is 6.08. The van der Waals surface area contributed by atoms with Crippen LogP contribution in [0.15, 0.2) is 42.5 Å². The standard InChI is InChI=1S/C16H16N2O2/c1-18-10-9-14(16(18)20)17-15(19)13-8-4-6-11-5-2-3-7-12(11)13/h2-8,14H,9-10H2,1H3,(H,17,19). The second-order valence-corrected chi connectivity index (χ2v) is 5.10. The first-order chi connectivity index (χ1) is 9.66. The van der Waals surface area contributed by atoms with Crippen LogP contribution in [0, 0.1) is 0 Å². The van der Waals surface area contributed by atoms with Crippen molar-refractivity contribution in [2.75, 3.05) is 13.6 Å². The second kappa shape index (κ2) is 4.96. The number of carbonyl (C=O) groups excluding carboxylic acids is 2. The van der Waals surface area contributed by atoms with Gasteiger partial charge in [0.1, 0.15) is 6.04 Å². The van der Waals surface area contributed by atoms with Crippen molar-refractivity contribution in [1.82, 2.24) is 10.2 Å². The van der Waals surface area contributed by atoms with Crippen molar-refractivity contribution in [3.8, 4) is 0 Å². The maximum atomic E-state index is 12.4. The van der Waals surface area contributed by atoms with E-state index >= 15 is 0 Å². The summed E-state index contributed by atoms with van der Waals surface area (Å²) in [5, 5.41) is 4.77. The van der Waals surface area contributed by atoms with Crippen molar-refractivity contribution >= 4 is 22.6 Å². The average Bonchev–Trinajstić information content (AvgIpc) is 2.78. The summed E-state index contributed by atoms with van der Waals surface area (Å²) in [5.41, 5.74) is 0.616. The Kier molecular flexibility index (Phi) is 3.14. The zero-order valence-corrected chi connectivity index (χ0v) is 11.3. The normalized spacial score (nSPS) is 18.6. The van der Waals surface area contributed by atoms with Crippen molar-refractivity contribution in [1.29, 1.82) is 0 Å². The number of hydrogen-bond donors (Lipinski definition) is 1. The molecule has 2 aromatic carbocycles. The second-order valence-electron chi connectivity index (χ2n) is 5.10. The Morgan fingerprint density at radius 1 is 1.20 bits per heavy atom. The van der Waals surface area contributed by atoms with Crippen LogP contribution in [0.25, 0.3) is 10.8 Å². The third-order valence-electron chi connectivity index (χ3n) is 3.77. The molecule has 1 heterocycles. The van der Waals surface area contributed by atoms with Crippen LogP contribution in [0.1, 0.15) is 16.8 Å². The van der Waals surface area contributed by atoms with Crippen LogP contribution in [0.2, 0.25) is 0 Å². The van der Waals surface area contributed by atoms with E-state index in [0.29, 0.717) is 18.5 Å². The molecule has 102 valence electrons. The van der Waals surface area contributed by atoms with Gasteiger partial charge in [-0.2, -0.15) is 0 Å². The molecule has 0 bridgehead atoms. The summed E-state index contributed by atoms with van der Waals surface area (Å²) in [6.07, 6.45) is 0.672. The Hall–Kier alpha value is -2.36. The van der Waals surface area contributed by atoms with E-state index in [1.54, 1.807) is 18.0 Å². The van der Waals surface area contributed by atoms with Gasteiger partial charge in [0.05, 0.1) is 0 Å². The highest BCUT2D eigenvalue weighted by Gasteiger charge is 2.30. The maximum Gasteiger partial charge on any atom is 0.252 e. The van der Waals surface area contributed by atoms with E-state index in [9.17, 15) is 9.59 Å². The molecule has 0 aliphatic carbocycles. The quantitative estimate of drug-likeness (QED) is 0.903. The van der Waals surface area contributed by atoms with Crippen molar-refractivity contribution < 1.29 is 9.59 Å². The zero-order chi connectivity index (χ0) is 14.1.